The topological polar surface area (TPSA) is 67.1 Å². The molecule has 3 N–H and O–H groups in total. The van der Waals surface area contributed by atoms with Crippen molar-refractivity contribution in [3.8, 4) is 11.3 Å². The Bertz CT molecular complexity index is 568. The number of benzene rings is 1. The number of aromatic nitrogens is 2. The number of nitrogens with two attached hydrogens (primary N) is 1. The minimum Gasteiger partial charge on any atom is -0.392 e. The normalized spacial score (nSPS) is 11.1. The number of anilines is 1. The molecule has 0 aliphatic carbocycles. The van der Waals surface area contributed by atoms with Crippen molar-refractivity contribution in [3.63, 3.8) is 0 Å². The third-order valence-corrected chi connectivity index (χ3v) is 2.82. The van der Waals surface area contributed by atoms with Crippen LogP contribution in [0.3, 0.4) is 0 Å². The summed E-state index contributed by atoms with van der Waals surface area (Å²) >= 11 is 0. The Morgan fingerprint density at radius 1 is 1.28 bits per heavy atom. The Hall–Kier alpha value is -2.01. The second-order valence-corrected chi connectivity index (χ2v) is 4.53. The molecule has 0 spiro atoms. The summed E-state index contributed by atoms with van der Waals surface area (Å²) in [5.41, 5.74) is 7.61. The van der Waals surface area contributed by atoms with Crippen LogP contribution in [0.2, 0.25) is 0 Å². The zero-order chi connectivity index (χ0) is 13.1. The lowest BCUT2D eigenvalue weighted by molar-refractivity contribution is 0.370. The molecule has 2 rings (SSSR count). The van der Waals surface area contributed by atoms with Crippen LogP contribution in [0.1, 0.15) is 0 Å². The fourth-order valence-corrected chi connectivity index (χ4v) is 1.78. The van der Waals surface area contributed by atoms with Crippen molar-refractivity contribution in [2.75, 3.05) is 26.4 Å². The van der Waals surface area contributed by atoms with Crippen LogP contribution in [-0.2, 0) is 6.54 Å². The van der Waals surface area contributed by atoms with Crippen molar-refractivity contribution in [1.82, 2.24) is 14.7 Å². The van der Waals surface area contributed by atoms with Gasteiger partial charge in [0, 0.05) is 12.1 Å². The molecule has 0 amide bonds. The highest BCUT2D eigenvalue weighted by Crippen LogP contribution is 2.20. The molecule has 5 nitrogen and oxygen atoms in total. The summed E-state index contributed by atoms with van der Waals surface area (Å²) in [4.78, 5) is 14.0. The molecular formula is C13H18N4O. The van der Waals surface area contributed by atoms with Crippen LogP contribution in [0, 0.1) is 0 Å². The lowest BCUT2D eigenvalue weighted by Crippen LogP contribution is -2.25. The molecule has 1 aromatic heterocycles. The van der Waals surface area contributed by atoms with Crippen LogP contribution in [-0.4, -0.2) is 35.3 Å². The van der Waals surface area contributed by atoms with E-state index in [1.165, 1.54) is 0 Å². The SMILES string of the molecule is CN(C)CCn1[nH]c(-c2ccccc2)c(N)c1=O. The predicted octanol–water partition coefficient (Wildman–Crippen LogP) is 0.987. The zero-order valence-electron chi connectivity index (χ0n) is 10.7. The number of hydrogen-bond donors (Lipinski definition) is 2. The molecular weight excluding hydrogens is 228 g/mol. The summed E-state index contributed by atoms with van der Waals surface area (Å²) in [6, 6.07) is 9.63. The Balaban J connectivity index is 2.34. The van der Waals surface area contributed by atoms with Gasteiger partial charge in [-0.1, -0.05) is 30.3 Å². The number of nitrogens with zero attached hydrogens (tertiary/aromatic N) is 2. The number of H-pyrrole nitrogens is 1. The summed E-state index contributed by atoms with van der Waals surface area (Å²) in [7, 11) is 3.94. The molecule has 0 saturated heterocycles. The number of likely N-dealkylation sites (N-methyl/N-ethyl adjacent to an activating group) is 1. The van der Waals surface area contributed by atoms with E-state index in [4.69, 9.17) is 5.73 Å². The van der Waals surface area contributed by atoms with Gasteiger partial charge in [0.05, 0.1) is 12.2 Å². The highest BCUT2D eigenvalue weighted by atomic mass is 16.1. The van der Waals surface area contributed by atoms with Gasteiger partial charge in [0.1, 0.15) is 5.69 Å². The van der Waals surface area contributed by atoms with Gasteiger partial charge in [-0.15, -0.1) is 0 Å². The average molecular weight is 246 g/mol. The second kappa shape index (κ2) is 5.10. The van der Waals surface area contributed by atoms with Crippen LogP contribution in [0.25, 0.3) is 11.3 Å². The zero-order valence-corrected chi connectivity index (χ0v) is 10.7. The fourth-order valence-electron chi connectivity index (χ4n) is 1.78. The van der Waals surface area contributed by atoms with Crippen LogP contribution >= 0.6 is 0 Å². The highest BCUT2D eigenvalue weighted by Gasteiger charge is 2.12. The van der Waals surface area contributed by atoms with E-state index in [0.29, 0.717) is 12.2 Å². The first-order valence-corrected chi connectivity index (χ1v) is 5.88. The molecule has 18 heavy (non-hydrogen) atoms. The van der Waals surface area contributed by atoms with Crippen molar-refractivity contribution in [3.05, 3.63) is 40.7 Å². The summed E-state index contributed by atoms with van der Waals surface area (Å²) < 4.78 is 1.55. The molecule has 0 atom stereocenters. The number of hydrogen-bond acceptors (Lipinski definition) is 3. The van der Waals surface area contributed by atoms with Gasteiger partial charge < -0.3 is 10.6 Å². The molecule has 5 heteroatoms. The number of rotatable bonds is 4. The van der Waals surface area contributed by atoms with Crippen molar-refractivity contribution < 1.29 is 0 Å². The summed E-state index contributed by atoms with van der Waals surface area (Å²) in [5.74, 6) is 0. The molecule has 0 bridgehead atoms. The van der Waals surface area contributed by atoms with E-state index in [9.17, 15) is 4.79 Å². The van der Waals surface area contributed by atoms with E-state index >= 15 is 0 Å². The lowest BCUT2D eigenvalue weighted by atomic mass is 10.1. The standard InChI is InChI=1S/C13H18N4O/c1-16(2)8-9-17-13(18)11(14)12(15-17)10-6-4-3-5-7-10/h3-7,15H,8-9,14H2,1-2H3. The first-order chi connectivity index (χ1) is 8.59. The van der Waals surface area contributed by atoms with E-state index in [1.54, 1.807) is 4.68 Å². The average Bonchev–Trinajstić information content (AvgIpc) is 2.65. The van der Waals surface area contributed by atoms with E-state index in [2.05, 4.69) is 5.10 Å². The van der Waals surface area contributed by atoms with Crippen LogP contribution < -0.4 is 11.3 Å². The van der Waals surface area contributed by atoms with Crippen molar-refractivity contribution in [2.45, 2.75) is 6.54 Å². The molecule has 0 aliphatic heterocycles. The maximum Gasteiger partial charge on any atom is 0.290 e. The highest BCUT2D eigenvalue weighted by molar-refractivity contribution is 5.71. The minimum absolute atomic E-state index is 0.157. The first-order valence-electron chi connectivity index (χ1n) is 5.88. The first kappa shape index (κ1) is 12.4. The minimum atomic E-state index is -0.157. The van der Waals surface area contributed by atoms with Gasteiger partial charge in [-0.3, -0.25) is 9.89 Å². The smallest absolute Gasteiger partial charge is 0.290 e. The van der Waals surface area contributed by atoms with Crippen molar-refractivity contribution >= 4 is 5.69 Å². The fraction of sp³-hybridized carbons (Fsp3) is 0.308. The van der Waals surface area contributed by atoms with Gasteiger partial charge in [0.2, 0.25) is 0 Å². The van der Waals surface area contributed by atoms with E-state index in [-0.39, 0.29) is 11.2 Å². The molecule has 0 radical (unpaired) electrons. The van der Waals surface area contributed by atoms with Gasteiger partial charge >= 0.3 is 0 Å². The Morgan fingerprint density at radius 2 is 1.94 bits per heavy atom. The van der Waals surface area contributed by atoms with Gasteiger partial charge in [-0.05, 0) is 14.1 Å². The predicted molar refractivity (Wildman–Crippen MR) is 73.5 cm³/mol. The van der Waals surface area contributed by atoms with Gasteiger partial charge in [-0.25, -0.2) is 4.68 Å². The molecule has 0 unspecified atom stereocenters. The van der Waals surface area contributed by atoms with E-state index in [0.717, 1.165) is 12.1 Å². The summed E-state index contributed by atoms with van der Waals surface area (Å²) in [5, 5.41) is 3.07. The van der Waals surface area contributed by atoms with Gasteiger partial charge in [0.15, 0.2) is 0 Å². The Morgan fingerprint density at radius 3 is 2.56 bits per heavy atom. The van der Waals surface area contributed by atoms with Gasteiger partial charge in [0.25, 0.3) is 5.56 Å². The third kappa shape index (κ3) is 2.46. The molecule has 96 valence electrons. The van der Waals surface area contributed by atoms with Crippen LogP contribution in [0.5, 0.6) is 0 Å². The van der Waals surface area contributed by atoms with Crippen LogP contribution in [0.4, 0.5) is 5.69 Å². The Labute approximate surface area is 106 Å². The number of nitrogens with one attached hydrogen (secondary N) is 1. The molecule has 1 heterocycles. The van der Waals surface area contributed by atoms with E-state index in [1.807, 2.05) is 49.3 Å². The van der Waals surface area contributed by atoms with E-state index < -0.39 is 0 Å². The molecule has 0 aliphatic rings. The van der Waals surface area contributed by atoms with Crippen molar-refractivity contribution in [2.24, 2.45) is 0 Å². The second-order valence-electron chi connectivity index (χ2n) is 4.53. The third-order valence-electron chi connectivity index (χ3n) is 2.82. The van der Waals surface area contributed by atoms with Crippen molar-refractivity contribution in [1.29, 1.82) is 0 Å². The van der Waals surface area contributed by atoms with Crippen LogP contribution in [0.15, 0.2) is 35.1 Å². The maximum absolute atomic E-state index is 12.0. The molecule has 1 aromatic carbocycles. The Kier molecular flexibility index (Phi) is 3.53. The summed E-state index contributed by atoms with van der Waals surface area (Å²) in [6.07, 6.45) is 0. The molecule has 0 saturated carbocycles. The molecule has 0 fully saturated rings. The lowest BCUT2D eigenvalue weighted by Gasteiger charge is -2.08. The quantitative estimate of drug-likeness (QED) is 0.845. The summed E-state index contributed by atoms with van der Waals surface area (Å²) in [6.45, 7) is 1.39. The maximum atomic E-state index is 12.0. The largest absolute Gasteiger partial charge is 0.392 e. The molecule has 2 aromatic rings. The monoisotopic (exact) mass is 246 g/mol. The van der Waals surface area contributed by atoms with Gasteiger partial charge in [-0.2, -0.15) is 0 Å². The number of nitrogen functional groups attached to an aromatic ring is 1. The number of aromatic amines is 1.